The Morgan fingerprint density at radius 3 is 2.69 bits per heavy atom. The zero-order valence-electron chi connectivity index (χ0n) is 16.1. The Morgan fingerprint density at radius 2 is 2.04 bits per heavy atom. The average molecular weight is 472 g/mol. The molecule has 0 unspecified atom stereocenters. The van der Waals surface area contributed by atoms with Crippen molar-refractivity contribution < 1.29 is 0 Å². The van der Waals surface area contributed by atoms with Gasteiger partial charge in [0.1, 0.15) is 12.4 Å². The van der Waals surface area contributed by atoms with E-state index in [1.807, 2.05) is 18.5 Å². The van der Waals surface area contributed by atoms with Gasteiger partial charge in [0.05, 0.1) is 0 Å². The van der Waals surface area contributed by atoms with Gasteiger partial charge in [0.25, 0.3) is 0 Å². The van der Waals surface area contributed by atoms with Gasteiger partial charge in [-0.2, -0.15) is 0 Å². The number of halogens is 1. The van der Waals surface area contributed by atoms with Crippen LogP contribution in [0.5, 0.6) is 0 Å². The van der Waals surface area contributed by atoms with Gasteiger partial charge >= 0.3 is 0 Å². The van der Waals surface area contributed by atoms with Gasteiger partial charge in [-0.15, -0.1) is 34.2 Å². The standard InChI is InChI=1S/C19H32N6.HI/c1-15-23-24-18(25(15)2)14-21-19(22-17-10-6-7-11-17)20-13-12-16-8-4-3-5-9-16;/h8,17H,3-7,9-14H2,1-2H3,(H2,20,21,22);1H. The molecule has 0 aliphatic heterocycles. The van der Waals surface area contributed by atoms with Crippen molar-refractivity contribution >= 4 is 29.9 Å². The first-order chi connectivity index (χ1) is 12.2. The SMILES string of the molecule is Cc1nnc(CN=C(NCCC2=CCCCC2)NC2CCCC2)n1C.I. The minimum absolute atomic E-state index is 0. The molecule has 146 valence electrons. The Hall–Kier alpha value is -1.12. The van der Waals surface area contributed by atoms with Gasteiger partial charge in [-0.25, -0.2) is 4.99 Å². The maximum Gasteiger partial charge on any atom is 0.191 e. The number of aromatic nitrogens is 3. The van der Waals surface area contributed by atoms with Crippen molar-refractivity contribution in [2.24, 2.45) is 12.0 Å². The van der Waals surface area contributed by atoms with Gasteiger partial charge in [-0.1, -0.05) is 24.5 Å². The molecule has 1 aromatic rings. The van der Waals surface area contributed by atoms with Crippen molar-refractivity contribution in [1.82, 2.24) is 25.4 Å². The fourth-order valence-electron chi connectivity index (χ4n) is 3.63. The number of hydrogen-bond acceptors (Lipinski definition) is 3. The molecule has 0 aromatic carbocycles. The predicted octanol–water partition coefficient (Wildman–Crippen LogP) is 3.61. The zero-order valence-corrected chi connectivity index (χ0v) is 18.5. The zero-order chi connectivity index (χ0) is 17.5. The third kappa shape index (κ3) is 6.25. The molecule has 7 heteroatoms. The van der Waals surface area contributed by atoms with Gasteiger partial charge in [0, 0.05) is 19.6 Å². The molecule has 26 heavy (non-hydrogen) atoms. The van der Waals surface area contributed by atoms with E-state index in [2.05, 4.69) is 26.9 Å². The lowest BCUT2D eigenvalue weighted by Gasteiger charge is -2.18. The summed E-state index contributed by atoms with van der Waals surface area (Å²) >= 11 is 0. The van der Waals surface area contributed by atoms with Crippen LogP contribution in [0.3, 0.4) is 0 Å². The van der Waals surface area contributed by atoms with E-state index < -0.39 is 0 Å². The van der Waals surface area contributed by atoms with E-state index in [-0.39, 0.29) is 24.0 Å². The van der Waals surface area contributed by atoms with Crippen LogP contribution in [0.15, 0.2) is 16.6 Å². The molecule has 6 nitrogen and oxygen atoms in total. The fraction of sp³-hybridized carbons (Fsp3) is 0.737. The lowest BCUT2D eigenvalue weighted by molar-refractivity contribution is 0.606. The number of allylic oxidation sites excluding steroid dienone is 1. The number of nitrogens with zero attached hydrogens (tertiary/aromatic N) is 4. The smallest absolute Gasteiger partial charge is 0.191 e. The van der Waals surface area contributed by atoms with Crippen LogP contribution < -0.4 is 10.6 Å². The number of aliphatic imine (C=N–C) groups is 1. The Kier molecular flexibility index (Phi) is 8.87. The van der Waals surface area contributed by atoms with Crippen molar-refractivity contribution in [1.29, 1.82) is 0 Å². The van der Waals surface area contributed by atoms with Crippen LogP contribution in [0.25, 0.3) is 0 Å². The number of rotatable bonds is 6. The van der Waals surface area contributed by atoms with Gasteiger partial charge in [-0.3, -0.25) is 0 Å². The summed E-state index contributed by atoms with van der Waals surface area (Å²) in [5.41, 5.74) is 1.60. The quantitative estimate of drug-likeness (QED) is 0.287. The van der Waals surface area contributed by atoms with Crippen LogP contribution in [0.2, 0.25) is 0 Å². The predicted molar refractivity (Wildman–Crippen MR) is 117 cm³/mol. The number of hydrogen-bond donors (Lipinski definition) is 2. The van der Waals surface area contributed by atoms with Crippen LogP contribution in [-0.2, 0) is 13.6 Å². The van der Waals surface area contributed by atoms with E-state index in [4.69, 9.17) is 4.99 Å². The van der Waals surface area contributed by atoms with Gasteiger partial charge in [0.15, 0.2) is 11.8 Å². The second kappa shape index (κ2) is 10.9. The third-order valence-electron chi connectivity index (χ3n) is 5.38. The van der Waals surface area contributed by atoms with Crippen LogP contribution in [0.4, 0.5) is 0 Å². The van der Waals surface area contributed by atoms with Crippen LogP contribution in [0, 0.1) is 6.92 Å². The van der Waals surface area contributed by atoms with E-state index >= 15 is 0 Å². The molecule has 2 N–H and O–H groups in total. The van der Waals surface area contributed by atoms with Crippen molar-refractivity contribution in [3.63, 3.8) is 0 Å². The van der Waals surface area contributed by atoms with E-state index in [0.29, 0.717) is 12.6 Å². The summed E-state index contributed by atoms with van der Waals surface area (Å²) in [6, 6.07) is 0.557. The van der Waals surface area contributed by atoms with Crippen LogP contribution >= 0.6 is 24.0 Å². The average Bonchev–Trinajstić information content (AvgIpc) is 3.25. The Morgan fingerprint density at radius 1 is 1.23 bits per heavy atom. The normalized spacial score (nSPS) is 18.4. The first kappa shape index (κ1) is 21.2. The summed E-state index contributed by atoms with van der Waals surface area (Å²) in [5, 5.41) is 15.5. The highest BCUT2D eigenvalue weighted by atomic mass is 127. The molecule has 2 aliphatic carbocycles. The maximum atomic E-state index is 4.77. The molecule has 1 aromatic heterocycles. The number of aryl methyl sites for hydroxylation is 1. The summed E-state index contributed by atoms with van der Waals surface area (Å²) < 4.78 is 2.00. The minimum Gasteiger partial charge on any atom is -0.356 e. The Labute approximate surface area is 174 Å². The van der Waals surface area contributed by atoms with Crippen molar-refractivity contribution in [2.75, 3.05) is 6.54 Å². The minimum atomic E-state index is 0. The van der Waals surface area contributed by atoms with Crippen LogP contribution in [-0.4, -0.2) is 33.3 Å². The summed E-state index contributed by atoms with van der Waals surface area (Å²) in [6.07, 6.45) is 13.9. The Bertz CT molecular complexity index is 616. The molecule has 0 atom stereocenters. The van der Waals surface area contributed by atoms with Gasteiger partial charge in [-0.05, 0) is 51.9 Å². The van der Waals surface area contributed by atoms with Gasteiger partial charge < -0.3 is 15.2 Å². The molecule has 0 amide bonds. The molecule has 2 aliphatic rings. The van der Waals surface area contributed by atoms with E-state index in [1.54, 1.807) is 5.57 Å². The number of nitrogens with one attached hydrogen (secondary N) is 2. The highest BCUT2D eigenvalue weighted by molar-refractivity contribution is 14.0. The third-order valence-corrected chi connectivity index (χ3v) is 5.38. The highest BCUT2D eigenvalue weighted by Gasteiger charge is 2.16. The molecular weight excluding hydrogens is 439 g/mol. The molecule has 3 rings (SSSR count). The maximum absolute atomic E-state index is 4.77. The molecular formula is C19H33IN6. The lowest BCUT2D eigenvalue weighted by Crippen LogP contribution is -2.43. The molecule has 0 spiro atoms. The number of guanidine groups is 1. The fourth-order valence-corrected chi connectivity index (χ4v) is 3.63. The molecule has 1 heterocycles. The molecule has 0 radical (unpaired) electrons. The van der Waals surface area contributed by atoms with Crippen molar-refractivity contribution in [3.8, 4) is 0 Å². The van der Waals surface area contributed by atoms with Gasteiger partial charge in [0.2, 0.25) is 0 Å². The molecule has 1 fully saturated rings. The monoisotopic (exact) mass is 472 g/mol. The van der Waals surface area contributed by atoms with Crippen molar-refractivity contribution in [2.45, 2.75) is 77.3 Å². The second-order valence-electron chi connectivity index (χ2n) is 7.30. The van der Waals surface area contributed by atoms with E-state index in [0.717, 1.165) is 30.6 Å². The summed E-state index contributed by atoms with van der Waals surface area (Å²) in [7, 11) is 1.99. The summed E-state index contributed by atoms with van der Waals surface area (Å²) in [6.45, 7) is 3.47. The molecule has 0 saturated heterocycles. The molecule has 0 bridgehead atoms. The Balaban J connectivity index is 0.00000243. The first-order valence-electron chi connectivity index (χ1n) is 9.80. The summed E-state index contributed by atoms with van der Waals surface area (Å²) in [5.74, 6) is 2.75. The largest absolute Gasteiger partial charge is 0.356 e. The van der Waals surface area contributed by atoms with E-state index in [1.165, 1.54) is 51.4 Å². The lowest BCUT2D eigenvalue weighted by atomic mass is 9.97. The van der Waals surface area contributed by atoms with Crippen LogP contribution in [0.1, 0.15) is 69.4 Å². The summed E-state index contributed by atoms with van der Waals surface area (Å²) in [4.78, 5) is 4.77. The van der Waals surface area contributed by atoms with E-state index in [9.17, 15) is 0 Å². The topological polar surface area (TPSA) is 67.1 Å². The first-order valence-corrected chi connectivity index (χ1v) is 9.80. The highest BCUT2D eigenvalue weighted by Crippen LogP contribution is 2.19. The second-order valence-corrected chi connectivity index (χ2v) is 7.30. The molecule has 1 saturated carbocycles. The van der Waals surface area contributed by atoms with Crippen molar-refractivity contribution in [3.05, 3.63) is 23.3 Å².